The third-order valence-corrected chi connectivity index (χ3v) is 1.85. The van der Waals surface area contributed by atoms with Gasteiger partial charge in [-0.2, -0.15) is 0 Å². The van der Waals surface area contributed by atoms with Crippen molar-refractivity contribution in [1.82, 2.24) is 10.3 Å². The molecule has 0 aliphatic carbocycles. The lowest BCUT2D eigenvalue weighted by molar-refractivity contribution is 0.0964. The number of nitrogens with zero attached hydrogens (tertiary/aromatic N) is 1. The normalized spacial score (nSPS) is 10.2. The molecule has 1 amide bonds. The smallest absolute Gasteiger partial charge is 0.254 e. The zero-order valence-electron chi connectivity index (χ0n) is 7.07. The van der Waals surface area contributed by atoms with Gasteiger partial charge in [-0.1, -0.05) is 0 Å². The van der Waals surface area contributed by atoms with Crippen LogP contribution in [0.3, 0.4) is 0 Å². The molecule has 0 spiro atoms. The number of pyridine rings is 1. The Hall–Kier alpha value is -1.84. The molecule has 1 N–H and O–H groups in total. The summed E-state index contributed by atoms with van der Waals surface area (Å²) in [5.74, 6) is -0.160. The van der Waals surface area contributed by atoms with E-state index in [9.17, 15) is 4.79 Å². The van der Waals surface area contributed by atoms with Crippen molar-refractivity contribution >= 4 is 16.9 Å². The number of hydrogen-bond acceptors (Lipinski definition) is 3. The summed E-state index contributed by atoms with van der Waals surface area (Å²) in [6, 6.07) is 1.72. The SMILES string of the molecule is CNC(=O)c1coc2ccncc12. The van der Waals surface area contributed by atoms with Gasteiger partial charge in [0, 0.05) is 19.4 Å². The van der Waals surface area contributed by atoms with E-state index in [4.69, 9.17) is 4.42 Å². The van der Waals surface area contributed by atoms with Crippen LogP contribution in [-0.4, -0.2) is 17.9 Å². The van der Waals surface area contributed by atoms with Crippen LogP contribution in [0, 0.1) is 0 Å². The molecule has 2 aromatic rings. The monoisotopic (exact) mass is 176 g/mol. The van der Waals surface area contributed by atoms with Crippen molar-refractivity contribution in [2.45, 2.75) is 0 Å². The Morgan fingerprint density at radius 3 is 3.23 bits per heavy atom. The fourth-order valence-electron chi connectivity index (χ4n) is 1.18. The first-order chi connectivity index (χ1) is 6.33. The van der Waals surface area contributed by atoms with Gasteiger partial charge in [0.1, 0.15) is 11.8 Å². The maximum absolute atomic E-state index is 11.3. The second kappa shape index (κ2) is 2.90. The highest BCUT2D eigenvalue weighted by Crippen LogP contribution is 2.18. The highest BCUT2D eigenvalue weighted by atomic mass is 16.3. The Morgan fingerprint density at radius 2 is 2.46 bits per heavy atom. The molecule has 2 heterocycles. The van der Waals surface area contributed by atoms with E-state index in [2.05, 4.69) is 10.3 Å². The van der Waals surface area contributed by atoms with Gasteiger partial charge >= 0.3 is 0 Å². The maximum Gasteiger partial charge on any atom is 0.254 e. The van der Waals surface area contributed by atoms with Gasteiger partial charge in [0.25, 0.3) is 5.91 Å². The van der Waals surface area contributed by atoms with Crippen LogP contribution in [0.1, 0.15) is 10.4 Å². The topological polar surface area (TPSA) is 55.1 Å². The van der Waals surface area contributed by atoms with Gasteiger partial charge in [0.15, 0.2) is 0 Å². The maximum atomic E-state index is 11.3. The molecule has 0 fully saturated rings. The number of hydrogen-bond donors (Lipinski definition) is 1. The molecule has 0 saturated heterocycles. The fourth-order valence-corrected chi connectivity index (χ4v) is 1.18. The molecule has 66 valence electrons. The van der Waals surface area contributed by atoms with Crippen molar-refractivity contribution < 1.29 is 9.21 Å². The predicted molar refractivity (Wildman–Crippen MR) is 47.4 cm³/mol. The molecule has 0 atom stereocenters. The Kier molecular flexibility index (Phi) is 1.73. The van der Waals surface area contributed by atoms with Gasteiger partial charge < -0.3 is 9.73 Å². The van der Waals surface area contributed by atoms with Crippen LogP contribution in [-0.2, 0) is 0 Å². The molecule has 4 heteroatoms. The average Bonchev–Trinajstić information content (AvgIpc) is 2.60. The summed E-state index contributed by atoms with van der Waals surface area (Å²) in [4.78, 5) is 15.2. The van der Waals surface area contributed by atoms with Crippen LogP contribution in [0.15, 0.2) is 29.1 Å². The van der Waals surface area contributed by atoms with E-state index in [1.54, 1.807) is 25.5 Å². The number of fused-ring (bicyclic) bond motifs is 1. The number of aromatic nitrogens is 1. The van der Waals surface area contributed by atoms with Crippen molar-refractivity contribution in [3.63, 3.8) is 0 Å². The molecule has 2 aromatic heterocycles. The lowest BCUT2D eigenvalue weighted by atomic mass is 10.2. The molecule has 0 unspecified atom stereocenters. The Labute approximate surface area is 74.6 Å². The predicted octanol–water partition coefficient (Wildman–Crippen LogP) is 1.19. The summed E-state index contributed by atoms with van der Waals surface area (Å²) in [5, 5.41) is 3.27. The molecule has 2 rings (SSSR count). The van der Waals surface area contributed by atoms with E-state index < -0.39 is 0 Å². The Morgan fingerprint density at radius 1 is 1.62 bits per heavy atom. The molecule has 0 radical (unpaired) electrons. The summed E-state index contributed by atoms with van der Waals surface area (Å²) in [6.07, 6.45) is 4.67. The van der Waals surface area contributed by atoms with Crippen LogP contribution < -0.4 is 5.32 Å². The third kappa shape index (κ3) is 1.16. The minimum atomic E-state index is -0.160. The Balaban J connectivity index is 2.64. The van der Waals surface area contributed by atoms with Crippen LogP contribution in [0.2, 0.25) is 0 Å². The molecule has 13 heavy (non-hydrogen) atoms. The molecule has 0 saturated carbocycles. The molecule has 0 aromatic carbocycles. The lowest BCUT2D eigenvalue weighted by Gasteiger charge is -1.93. The van der Waals surface area contributed by atoms with Crippen LogP contribution in [0.25, 0.3) is 11.0 Å². The number of rotatable bonds is 1. The van der Waals surface area contributed by atoms with Crippen molar-refractivity contribution in [3.05, 3.63) is 30.3 Å². The first kappa shape index (κ1) is 7.79. The fraction of sp³-hybridized carbons (Fsp3) is 0.111. The van der Waals surface area contributed by atoms with E-state index in [1.165, 1.54) is 6.26 Å². The van der Waals surface area contributed by atoms with E-state index in [0.717, 1.165) is 5.39 Å². The number of furan rings is 1. The Bertz CT molecular complexity index is 448. The summed E-state index contributed by atoms with van der Waals surface area (Å²) >= 11 is 0. The van der Waals surface area contributed by atoms with Crippen molar-refractivity contribution in [3.8, 4) is 0 Å². The molecular weight excluding hydrogens is 168 g/mol. The summed E-state index contributed by atoms with van der Waals surface area (Å²) in [7, 11) is 1.58. The minimum Gasteiger partial charge on any atom is -0.463 e. The van der Waals surface area contributed by atoms with Crippen LogP contribution >= 0.6 is 0 Å². The average molecular weight is 176 g/mol. The molecule has 4 nitrogen and oxygen atoms in total. The van der Waals surface area contributed by atoms with Crippen molar-refractivity contribution in [1.29, 1.82) is 0 Å². The minimum absolute atomic E-state index is 0.160. The third-order valence-electron chi connectivity index (χ3n) is 1.85. The first-order valence-corrected chi connectivity index (χ1v) is 3.86. The lowest BCUT2D eigenvalue weighted by Crippen LogP contribution is -2.17. The van der Waals surface area contributed by atoms with Gasteiger partial charge in [0.05, 0.1) is 10.9 Å². The van der Waals surface area contributed by atoms with Gasteiger partial charge in [-0.3, -0.25) is 9.78 Å². The van der Waals surface area contributed by atoms with Gasteiger partial charge in [-0.05, 0) is 6.07 Å². The standard InChI is InChI=1S/C9H8N2O2/c1-10-9(12)7-5-13-8-2-3-11-4-6(7)8/h2-5H,1H3,(H,10,12). The molecule has 0 aliphatic rings. The van der Waals surface area contributed by atoms with Gasteiger partial charge in [-0.15, -0.1) is 0 Å². The van der Waals surface area contributed by atoms with E-state index in [0.29, 0.717) is 11.1 Å². The summed E-state index contributed by atoms with van der Waals surface area (Å²) < 4.78 is 5.17. The number of amides is 1. The van der Waals surface area contributed by atoms with Crippen LogP contribution in [0.4, 0.5) is 0 Å². The number of carbonyl (C=O) groups is 1. The summed E-state index contributed by atoms with van der Waals surface area (Å²) in [6.45, 7) is 0. The zero-order valence-corrected chi connectivity index (χ0v) is 7.07. The first-order valence-electron chi connectivity index (χ1n) is 3.86. The largest absolute Gasteiger partial charge is 0.463 e. The highest BCUT2D eigenvalue weighted by molar-refractivity contribution is 6.05. The second-order valence-electron chi connectivity index (χ2n) is 2.60. The molecular formula is C9H8N2O2. The van der Waals surface area contributed by atoms with Crippen molar-refractivity contribution in [2.75, 3.05) is 7.05 Å². The number of nitrogens with one attached hydrogen (secondary N) is 1. The molecule has 0 aliphatic heterocycles. The summed E-state index contributed by atoms with van der Waals surface area (Å²) in [5.41, 5.74) is 1.19. The highest BCUT2D eigenvalue weighted by Gasteiger charge is 2.11. The van der Waals surface area contributed by atoms with Crippen LogP contribution in [0.5, 0.6) is 0 Å². The molecule has 0 bridgehead atoms. The number of carbonyl (C=O) groups excluding carboxylic acids is 1. The van der Waals surface area contributed by atoms with E-state index >= 15 is 0 Å². The zero-order chi connectivity index (χ0) is 9.26. The van der Waals surface area contributed by atoms with Crippen molar-refractivity contribution in [2.24, 2.45) is 0 Å². The van der Waals surface area contributed by atoms with E-state index in [-0.39, 0.29) is 5.91 Å². The second-order valence-corrected chi connectivity index (χ2v) is 2.60. The van der Waals surface area contributed by atoms with Gasteiger partial charge in [0.2, 0.25) is 0 Å². The van der Waals surface area contributed by atoms with E-state index in [1.807, 2.05) is 0 Å². The van der Waals surface area contributed by atoms with Gasteiger partial charge in [-0.25, -0.2) is 0 Å². The quantitative estimate of drug-likeness (QED) is 0.710.